The van der Waals surface area contributed by atoms with E-state index in [4.69, 9.17) is 0 Å². The van der Waals surface area contributed by atoms with Crippen LogP contribution in [0.15, 0.2) is 22.8 Å². The summed E-state index contributed by atoms with van der Waals surface area (Å²) in [5.74, 6) is -0.199. The fourth-order valence-electron chi connectivity index (χ4n) is 3.59. The minimum absolute atomic E-state index is 0.00620. The molecule has 2 aliphatic heterocycles. The Balaban J connectivity index is 1.63. The number of benzene rings is 1. The Morgan fingerprint density at radius 1 is 1.10 bits per heavy atom. The largest absolute Gasteiger partial charge is 0.294 e. The van der Waals surface area contributed by atoms with Gasteiger partial charge in [0.25, 0.3) is 0 Å². The number of Topliss-reactive ketones (excluding diaryl/α,β-unsaturated/α-hetero) is 1. The first-order valence-corrected chi connectivity index (χ1v) is 8.66. The van der Waals surface area contributed by atoms with Gasteiger partial charge >= 0.3 is 0 Å². The first-order valence-electron chi connectivity index (χ1n) is 7.05. The van der Waals surface area contributed by atoms with Crippen LogP contribution in [0.5, 0.6) is 0 Å². The Bertz CT molecular complexity index is 806. The van der Waals surface area contributed by atoms with Gasteiger partial charge in [-0.2, -0.15) is 0 Å². The molecule has 0 aliphatic carbocycles. The van der Waals surface area contributed by atoms with Crippen LogP contribution in [0.1, 0.15) is 36.0 Å². The van der Waals surface area contributed by atoms with Gasteiger partial charge in [0.05, 0.1) is 10.5 Å². The second-order valence-corrected chi connectivity index (χ2v) is 8.42. The third-order valence-electron chi connectivity index (χ3n) is 4.74. The lowest BCUT2D eigenvalue weighted by atomic mass is 9.90. The molecular weight excluding hydrogens is 292 g/mol. The van der Waals surface area contributed by atoms with Crippen molar-refractivity contribution in [2.45, 2.75) is 36.2 Å². The molecule has 110 valence electrons. The Morgan fingerprint density at radius 3 is 2.48 bits per heavy atom. The zero-order valence-electron chi connectivity index (χ0n) is 11.2. The van der Waals surface area contributed by atoms with Gasteiger partial charge in [-0.25, -0.2) is 13.0 Å². The van der Waals surface area contributed by atoms with Crippen molar-refractivity contribution >= 4 is 26.7 Å². The van der Waals surface area contributed by atoms with E-state index in [0.29, 0.717) is 42.3 Å². The highest BCUT2D eigenvalue weighted by Gasteiger charge is 2.48. The highest BCUT2D eigenvalue weighted by Crippen LogP contribution is 2.42. The fourth-order valence-corrected chi connectivity index (χ4v) is 6.07. The van der Waals surface area contributed by atoms with Gasteiger partial charge in [-0.3, -0.25) is 4.79 Å². The Kier molecular flexibility index (Phi) is 2.69. The fraction of sp³-hybridized carbons (Fsp3) is 0.500. The van der Waals surface area contributed by atoms with Crippen LogP contribution >= 0.6 is 0 Å². The average Bonchev–Trinajstić information content (AvgIpc) is 2.94. The number of carbonyl (C=O) groups excluding carboxylic acids is 1. The zero-order valence-corrected chi connectivity index (χ0v) is 12.0. The van der Waals surface area contributed by atoms with Crippen molar-refractivity contribution in [3.63, 3.8) is 0 Å². The van der Waals surface area contributed by atoms with Crippen LogP contribution in [0.3, 0.4) is 0 Å². The second kappa shape index (κ2) is 4.37. The van der Waals surface area contributed by atoms with Gasteiger partial charge in [-0.15, -0.1) is 0 Å². The molecule has 7 heteroatoms. The van der Waals surface area contributed by atoms with Crippen molar-refractivity contribution in [3.8, 4) is 0 Å². The maximum absolute atomic E-state index is 12.6. The first-order chi connectivity index (χ1) is 10.1. The predicted octanol–water partition coefficient (Wildman–Crippen LogP) is 1.76. The molecule has 0 N–H and O–H groups in total. The number of hydrogen-bond acceptors (Lipinski definition) is 6. The van der Waals surface area contributed by atoms with E-state index in [0.717, 1.165) is 0 Å². The summed E-state index contributed by atoms with van der Waals surface area (Å²) >= 11 is 0. The molecule has 2 bridgehead atoms. The second-order valence-electron chi connectivity index (χ2n) is 5.91. The summed E-state index contributed by atoms with van der Waals surface area (Å²) in [5, 5.41) is 6.78. The maximum atomic E-state index is 12.6. The van der Waals surface area contributed by atoms with Crippen LogP contribution in [0, 0.1) is 5.92 Å². The van der Waals surface area contributed by atoms with E-state index >= 15 is 0 Å². The standard InChI is InChI=1S/C14H14N2O4S/c17-14(8-1-4-12-13(7-8)16-20-15-12)9-5-10-2-3-11(6-9)21(10,18)19/h1,4,7,9-11H,2-3,5-6H2. The van der Waals surface area contributed by atoms with E-state index in [1.165, 1.54) is 0 Å². The lowest BCUT2D eigenvalue weighted by Crippen LogP contribution is -2.36. The summed E-state index contributed by atoms with van der Waals surface area (Å²) in [6, 6.07) is 5.08. The van der Waals surface area contributed by atoms with Crippen LogP contribution in [0.25, 0.3) is 11.0 Å². The number of ketones is 1. The monoisotopic (exact) mass is 306 g/mol. The van der Waals surface area contributed by atoms with Crippen LogP contribution in [0.4, 0.5) is 0 Å². The summed E-state index contributed by atoms with van der Waals surface area (Å²) < 4.78 is 28.8. The van der Waals surface area contributed by atoms with Gasteiger partial charge < -0.3 is 0 Å². The molecule has 2 aliphatic rings. The Morgan fingerprint density at radius 2 is 1.76 bits per heavy atom. The summed E-state index contributed by atoms with van der Waals surface area (Å²) in [7, 11) is -2.99. The summed E-state index contributed by atoms with van der Waals surface area (Å²) in [6.07, 6.45) is 2.30. The predicted molar refractivity (Wildman–Crippen MR) is 74.6 cm³/mol. The molecule has 2 fully saturated rings. The molecule has 6 nitrogen and oxygen atoms in total. The van der Waals surface area contributed by atoms with E-state index in [1.54, 1.807) is 18.2 Å². The Hall–Kier alpha value is -1.76. The maximum Gasteiger partial charge on any atom is 0.166 e. The Labute approximate surface area is 121 Å². The van der Waals surface area contributed by atoms with E-state index in [2.05, 4.69) is 14.9 Å². The molecule has 2 saturated heterocycles. The van der Waals surface area contributed by atoms with Crippen molar-refractivity contribution in [3.05, 3.63) is 23.8 Å². The van der Waals surface area contributed by atoms with Crippen LogP contribution in [-0.2, 0) is 9.84 Å². The highest BCUT2D eigenvalue weighted by atomic mass is 32.2. The molecule has 4 rings (SSSR count). The van der Waals surface area contributed by atoms with Gasteiger partial charge in [-0.1, -0.05) is 0 Å². The number of rotatable bonds is 2. The topological polar surface area (TPSA) is 90.1 Å². The molecule has 1 aromatic carbocycles. The van der Waals surface area contributed by atoms with E-state index in [9.17, 15) is 13.2 Å². The number of nitrogens with zero attached hydrogens (tertiary/aromatic N) is 2. The molecule has 0 amide bonds. The van der Waals surface area contributed by atoms with Crippen molar-refractivity contribution in [1.82, 2.24) is 10.3 Å². The van der Waals surface area contributed by atoms with E-state index < -0.39 is 9.84 Å². The SMILES string of the molecule is O=C(c1ccc2nonc2c1)C1CC2CCC(C1)S2(=O)=O. The number of aromatic nitrogens is 2. The minimum atomic E-state index is -2.99. The quantitative estimate of drug-likeness (QED) is 0.785. The zero-order chi connectivity index (χ0) is 14.6. The average molecular weight is 306 g/mol. The molecular formula is C14H14N2O4S. The number of hydrogen-bond donors (Lipinski definition) is 0. The number of sulfone groups is 1. The third kappa shape index (κ3) is 1.91. The third-order valence-corrected chi connectivity index (χ3v) is 7.46. The minimum Gasteiger partial charge on any atom is -0.294 e. The van der Waals surface area contributed by atoms with Gasteiger partial charge in [0.2, 0.25) is 0 Å². The molecule has 2 atom stereocenters. The normalized spacial score (nSPS) is 30.6. The van der Waals surface area contributed by atoms with Crippen molar-refractivity contribution in [2.75, 3.05) is 0 Å². The molecule has 0 saturated carbocycles. The van der Waals surface area contributed by atoms with Crippen LogP contribution < -0.4 is 0 Å². The number of carbonyl (C=O) groups is 1. The van der Waals surface area contributed by atoms with Crippen LogP contribution in [0.2, 0.25) is 0 Å². The van der Waals surface area contributed by atoms with Gasteiger partial charge in [0, 0.05) is 11.5 Å². The molecule has 21 heavy (non-hydrogen) atoms. The molecule has 2 unspecified atom stereocenters. The summed E-state index contributed by atoms with van der Waals surface area (Å²) in [6.45, 7) is 0. The van der Waals surface area contributed by atoms with Crippen LogP contribution in [-0.4, -0.2) is 35.0 Å². The number of fused-ring (bicyclic) bond motifs is 3. The first kappa shape index (κ1) is 12.9. The lowest BCUT2D eigenvalue weighted by Gasteiger charge is -2.26. The molecule has 2 aromatic rings. The van der Waals surface area contributed by atoms with Gasteiger partial charge in [-0.05, 0) is 54.2 Å². The smallest absolute Gasteiger partial charge is 0.166 e. The molecule has 0 spiro atoms. The van der Waals surface area contributed by atoms with Gasteiger partial charge in [0.1, 0.15) is 11.0 Å². The van der Waals surface area contributed by atoms with E-state index in [1.807, 2.05) is 0 Å². The molecule has 3 heterocycles. The van der Waals surface area contributed by atoms with Gasteiger partial charge in [0.15, 0.2) is 15.6 Å². The van der Waals surface area contributed by atoms with Crippen molar-refractivity contribution < 1.29 is 17.8 Å². The summed E-state index contributed by atoms with van der Waals surface area (Å²) in [5.41, 5.74) is 1.71. The van der Waals surface area contributed by atoms with E-state index in [-0.39, 0.29) is 22.2 Å². The highest BCUT2D eigenvalue weighted by molar-refractivity contribution is 7.93. The summed E-state index contributed by atoms with van der Waals surface area (Å²) in [4.78, 5) is 12.6. The molecule has 0 radical (unpaired) electrons. The lowest BCUT2D eigenvalue weighted by molar-refractivity contribution is 0.0905. The van der Waals surface area contributed by atoms with Crippen molar-refractivity contribution in [1.29, 1.82) is 0 Å². The van der Waals surface area contributed by atoms with Crippen molar-refractivity contribution in [2.24, 2.45) is 5.92 Å². The molecule has 1 aromatic heterocycles.